The third-order valence-electron chi connectivity index (χ3n) is 1.54. The zero-order valence-corrected chi connectivity index (χ0v) is 8.41. The molecule has 3 N–H and O–H groups in total. The molecule has 0 radical (unpaired) electrons. The van der Waals surface area contributed by atoms with Crippen LogP contribution in [-0.4, -0.2) is 44.0 Å². The summed E-state index contributed by atoms with van der Waals surface area (Å²) in [5.41, 5.74) is 5.27. The molecule has 5 nitrogen and oxygen atoms in total. The Morgan fingerprint density at radius 3 is 2.14 bits per heavy atom. The van der Waals surface area contributed by atoms with Gasteiger partial charge in [-0.15, -0.1) is 0 Å². The molecule has 0 rings (SSSR count). The van der Waals surface area contributed by atoms with Crippen molar-refractivity contribution in [1.29, 1.82) is 0 Å². The lowest BCUT2D eigenvalue weighted by atomic mass is 10.3. The van der Waals surface area contributed by atoms with Crippen LogP contribution in [-0.2, 0) is 14.3 Å². The van der Waals surface area contributed by atoms with E-state index >= 15 is 0 Å². The van der Waals surface area contributed by atoms with E-state index < -0.39 is 5.97 Å². The summed E-state index contributed by atoms with van der Waals surface area (Å²) in [5.74, 6) is -0.784. The van der Waals surface area contributed by atoms with Crippen molar-refractivity contribution < 1.29 is 19.4 Å². The Kier molecular flexibility index (Phi) is 9.95. The Labute approximate surface area is 84.2 Å². The Bertz CT molecular complexity index is 141. The summed E-state index contributed by atoms with van der Waals surface area (Å²) >= 11 is 0. The van der Waals surface area contributed by atoms with Gasteiger partial charge in [-0.05, 0) is 19.4 Å². The molecule has 0 aromatic rings. The minimum absolute atomic E-state index is 0.161. The van der Waals surface area contributed by atoms with Crippen molar-refractivity contribution in [2.75, 3.05) is 33.0 Å². The zero-order chi connectivity index (χ0) is 10.6. The Hall–Kier alpha value is -0.650. The van der Waals surface area contributed by atoms with Gasteiger partial charge in [0.2, 0.25) is 0 Å². The Balaban J connectivity index is 2.88. The van der Waals surface area contributed by atoms with E-state index in [0.29, 0.717) is 39.4 Å². The Morgan fingerprint density at radius 1 is 1.07 bits per heavy atom. The molecule has 0 fully saturated rings. The lowest BCUT2D eigenvalue weighted by Gasteiger charge is -2.04. The molecule has 0 amide bonds. The van der Waals surface area contributed by atoms with Gasteiger partial charge in [-0.25, -0.2) is 0 Å². The smallest absolute Gasteiger partial charge is 0.303 e. The molecule has 84 valence electrons. The van der Waals surface area contributed by atoms with Crippen LogP contribution in [0.5, 0.6) is 0 Å². The summed E-state index contributed by atoms with van der Waals surface area (Å²) in [6, 6.07) is 0. The molecule has 0 saturated carbocycles. The molecule has 0 unspecified atom stereocenters. The van der Waals surface area contributed by atoms with E-state index in [2.05, 4.69) is 0 Å². The fraction of sp³-hybridized carbons (Fsp3) is 0.889. The number of hydrogen-bond acceptors (Lipinski definition) is 4. The summed E-state index contributed by atoms with van der Waals surface area (Å²) in [5, 5.41) is 8.32. The molecule has 0 aliphatic rings. The van der Waals surface area contributed by atoms with Crippen LogP contribution < -0.4 is 5.73 Å². The highest BCUT2D eigenvalue weighted by molar-refractivity contribution is 5.66. The lowest BCUT2D eigenvalue weighted by Crippen LogP contribution is -2.09. The molecule has 0 aliphatic carbocycles. The van der Waals surface area contributed by atoms with E-state index in [1.54, 1.807) is 0 Å². The van der Waals surface area contributed by atoms with E-state index in [1.165, 1.54) is 0 Å². The molecule has 14 heavy (non-hydrogen) atoms. The minimum atomic E-state index is -0.784. The topological polar surface area (TPSA) is 81.8 Å². The van der Waals surface area contributed by atoms with E-state index in [1.807, 2.05) is 0 Å². The van der Waals surface area contributed by atoms with Crippen molar-refractivity contribution in [3.05, 3.63) is 0 Å². The maximum Gasteiger partial charge on any atom is 0.303 e. The predicted molar refractivity (Wildman–Crippen MR) is 52.2 cm³/mol. The molecule has 0 heterocycles. The summed E-state index contributed by atoms with van der Waals surface area (Å²) in [7, 11) is 0. The number of carboxylic acids is 1. The minimum Gasteiger partial charge on any atom is -0.481 e. The number of hydrogen-bond donors (Lipinski definition) is 2. The predicted octanol–water partition coefficient (Wildman–Crippen LogP) is 0.233. The molecule has 0 saturated heterocycles. The quantitative estimate of drug-likeness (QED) is 0.499. The number of ether oxygens (including phenoxy) is 2. The Morgan fingerprint density at radius 2 is 1.64 bits per heavy atom. The molecular weight excluding hydrogens is 186 g/mol. The van der Waals surface area contributed by atoms with Gasteiger partial charge in [-0.2, -0.15) is 0 Å². The first kappa shape index (κ1) is 13.4. The van der Waals surface area contributed by atoms with Crippen LogP contribution in [0.4, 0.5) is 0 Å². The second-order valence-corrected chi connectivity index (χ2v) is 2.86. The first-order chi connectivity index (χ1) is 6.77. The number of carboxylic acid groups (broad SMARTS) is 1. The molecule has 0 aromatic carbocycles. The lowest BCUT2D eigenvalue weighted by molar-refractivity contribution is -0.137. The molecule has 0 bridgehead atoms. The maximum absolute atomic E-state index is 10.1. The molecule has 0 aromatic heterocycles. The second-order valence-electron chi connectivity index (χ2n) is 2.86. The van der Waals surface area contributed by atoms with Gasteiger partial charge in [-0.3, -0.25) is 4.79 Å². The van der Waals surface area contributed by atoms with Gasteiger partial charge in [0.15, 0.2) is 0 Å². The normalized spacial score (nSPS) is 10.4. The van der Waals surface area contributed by atoms with Gasteiger partial charge in [-0.1, -0.05) is 0 Å². The average molecular weight is 205 g/mol. The van der Waals surface area contributed by atoms with Crippen molar-refractivity contribution in [2.24, 2.45) is 5.73 Å². The standard InChI is InChI=1S/C9H19NO4/c10-4-2-6-14-8-7-13-5-1-3-9(11)12/h1-8,10H2,(H,11,12). The van der Waals surface area contributed by atoms with Crippen molar-refractivity contribution in [1.82, 2.24) is 0 Å². The molecule has 0 aliphatic heterocycles. The molecule has 0 atom stereocenters. The highest BCUT2D eigenvalue weighted by atomic mass is 16.5. The van der Waals surface area contributed by atoms with E-state index in [-0.39, 0.29) is 6.42 Å². The van der Waals surface area contributed by atoms with Crippen molar-refractivity contribution in [3.8, 4) is 0 Å². The first-order valence-corrected chi connectivity index (χ1v) is 4.84. The highest BCUT2D eigenvalue weighted by Gasteiger charge is 1.95. The molecular formula is C9H19NO4. The number of aliphatic carboxylic acids is 1. The van der Waals surface area contributed by atoms with Crippen LogP contribution in [0.15, 0.2) is 0 Å². The van der Waals surface area contributed by atoms with Gasteiger partial charge in [0, 0.05) is 19.6 Å². The number of carbonyl (C=O) groups is 1. The summed E-state index contributed by atoms with van der Waals surface area (Å²) in [6.07, 6.45) is 1.57. The van der Waals surface area contributed by atoms with Crippen LogP contribution in [0.25, 0.3) is 0 Å². The van der Waals surface area contributed by atoms with Gasteiger partial charge in [0.25, 0.3) is 0 Å². The van der Waals surface area contributed by atoms with E-state index in [9.17, 15) is 4.79 Å². The van der Waals surface area contributed by atoms with Gasteiger partial charge < -0.3 is 20.3 Å². The summed E-state index contributed by atoms with van der Waals surface area (Å²) < 4.78 is 10.3. The van der Waals surface area contributed by atoms with Gasteiger partial charge >= 0.3 is 5.97 Å². The molecule has 5 heteroatoms. The first-order valence-electron chi connectivity index (χ1n) is 4.84. The fourth-order valence-electron chi connectivity index (χ4n) is 0.833. The van der Waals surface area contributed by atoms with E-state index in [0.717, 1.165) is 6.42 Å². The summed E-state index contributed by atoms with van der Waals surface area (Å²) in [4.78, 5) is 10.1. The third kappa shape index (κ3) is 11.4. The second kappa shape index (κ2) is 10.4. The number of nitrogens with two attached hydrogens (primary N) is 1. The zero-order valence-electron chi connectivity index (χ0n) is 8.41. The number of rotatable bonds is 10. The van der Waals surface area contributed by atoms with Crippen LogP contribution in [0.1, 0.15) is 19.3 Å². The fourth-order valence-corrected chi connectivity index (χ4v) is 0.833. The molecule has 0 spiro atoms. The third-order valence-corrected chi connectivity index (χ3v) is 1.54. The SMILES string of the molecule is NCCCOCCOCCCC(=O)O. The monoisotopic (exact) mass is 205 g/mol. The van der Waals surface area contributed by atoms with Crippen molar-refractivity contribution in [2.45, 2.75) is 19.3 Å². The van der Waals surface area contributed by atoms with Crippen LogP contribution in [0, 0.1) is 0 Å². The van der Waals surface area contributed by atoms with Gasteiger partial charge in [0.05, 0.1) is 13.2 Å². The highest BCUT2D eigenvalue weighted by Crippen LogP contribution is 1.90. The van der Waals surface area contributed by atoms with Crippen LogP contribution in [0.3, 0.4) is 0 Å². The van der Waals surface area contributed by atoms with Crippen molar-refractivity contribution >= 4 is 5.97 Å². The van der Waals surface area contributed by atoms with Gasteiger partial charge in [0.1, 0.15) is 0 Å². The largest absolute Gasteiger partial charge is 0.481 e. The van der Waals surface area contributed by atoms with E-state index in [4.69, 9.17) is 20.3 Å². The van der Waals surface area contributed by atoms with Crippen molar-refractivity contribution in [3.63, 3.8) is 0 Å². The average Bonchev–Trinajstić information content (AvgIpc) is 2.15. The summed E-state index contributed by atoms with van der Waals surface area (Å²) in [6.45, 7) is 2.85. The maximum atomic E-state index is 10.1. The van der Waals surface area contributed by atoms with Crippen LogP contribution >= 0.6 is 0 Å². The van der Waals surface area contributed by atoms with Crippen LogP contribution in [0.2, 0.25) is 0 Å².